The van der Waals surface area contributed by atoms with Crippen LogP contribution in [0.3, 0.4) is 0 Å². The summed E-state index contributed by atoms with van der Waals surface area (Å²) < 4.78 is 33.1. The van der Waals surface area contributed by atoms with Crippen molar-refractivity contribution >= 4 is 28.3 Å². The highest BCUT2D eigenvalue weighted by Gasteiger charge is 2.28. The highest BCUT2D eigenvalue weighted by atomic mass is 19.3. The Kier molecular flexibility index (Phi) is 4.97. The van der Waals surface area contributed by atoms with Gasteiger partial charge in [0.1, 0.15) is 17.4 Å². The van der Waals surface area contributed by atoms with Crippen LogP contribution in [0.5, 0.6) is 0 Å². The molecule has 0 saturated heterocycles. The molecular formula is C20H22F2N8O. The second-order valence-electron chi connectivity index (χ2n) is 7.86. The Bertz CT molecular complexity index is 1230. The van der Waals surface area contributed by atoms with Crippen LogP contribution >= 0.6 is 0 Å². The van der Waals surface area contributed by atoms with E-state index in [0.29, 0.717) is 18.8 Å². The number of alkyl halides is 2. The smallest absolute Gasteiger partial charge is 0.323 e. The van der Waals surface area contributed by atoms with Gasteiger partial charge >= 0.3 is 6.61 Å². The monoisotopic (exact) mass is 428 g/mol. The SMILES string of the molecule is Cc1cc2ncnn2cc1Nc1ncc2c(n1)c([C@H]1CC[C@@H](OC(F)F)CC1)nn2C. The molecule has 0 amide bonds. The van der Waals surface area contributed by atoms with Gasteiger partial charge in [0.15, 0.2) is 5.65 Å². The number of halogens is 2. The van der Waals surface area contributed by atoms with Gasteiger partial charge in [0, 0.05) is 13.0 Å². The van der Waals surface area contributed by atoms with Crippen molar-refractivity contribution in [2.24, 2.45) is 7.05 Å². The van der Waals surface area contributed by atoms with E-state index in [2.05, 4.69) is 30.2 Å². The minimum atomic E-state index is -2.72. The first-order valence-corrected chi connectivity index (χ1v) is 10.2. The Morgan fingerprint density at radius 1 is 1.19 bits per heavy atom. The molecule has 0 unspecified atom stereocenters. The fourth-order valence-electron chi connectivity index (χ4n) is 4.23. The molecular weight excluding hydrogens is 406 g/mol. The largest absolute Gasteiger partial charge is 0.345 e. The van der Waals surface area contributed by atoms with Crippen molar-refractivity contribution in [3.05, 3.63) is 36.0 Å². The van der Waals surface area contributed by atoms with E-state index in [1.54, 1.807) is 15.4 Å². The Balaban J connectivity index is 1.42. The fourth-order valence-corrected chi connectivity index (χ4v) is 4.23. The summed E-state index contributed by atoms with van der Waals surface area (Å²) in [5.41, 5.74) is 5.07. The van der Waals surface area contributed by atoms with E-state index in [-0.39, 0.29) is 5.92 Å². The van der Waals surface area contributed by atoms with Crippen LogP contribution in [0.25, 0.3) is 16.7 Å². The van der Waals surface area contributed by atoms with Gasteiger partial charge in [-0.3, -0.25) is 4.68 Å². The van der Waals surface area contributed by atoms with Crippen molar-refractivity contribution in [1.82, 2.24) is 34.3 Å². The Morgan fingerprint density at radius 2 is 2.00 bits per heavy atom. The zero-order valence-corrected chi connectivity index (χ0v) is 17.2. The predicted molar refractivity (Wildman–Crippen MR) is 109 cm³/mol. The molecule has 1 aliphatic rings. The van der Waals surface area contributed by atoms with Crippen LogP contribution in [0.1, 0.15) is 42.9 Å². The van der Waals surface area contributed by atoms with Gasteiger partial charge in [-0.2, -0.15) is 19.0 Å². The van der Waals surface area contributed by atoms with E-state index in [9.17, 15) is 8.78 Å². The second kappa shape index (κ2) is 7.80. The van der Waals surface area contributed by atoms with Crippen LogP contribution in [-0.2, 0) is 11.8 Å². The molecule has 0 radical (unpaired) electrons. The number of nitrogens with one attached hydrogen (secondary N) is 1. The first-order valence-electron chi connectivity index (χ1n) is 10.2. The molecule has 4 heterocycles. The third kappa shape index (κ3) is 3.80. The summed E-state index contributed by atoms with van der Waals surface area (Å²) in [6.07, 6.45) is 7.34. The van der Waals surface area contributed by atoms with Gasteiger partial charge in [-0.1, -0.05) is 0 Å². The minimum absolute atomic E-state index is 0.150. The number of aromatic nitrogens is 7. The lowest BCUT2D eigenvalue weighted by Crippen LogP contribution is -2.23. The average molecular weight is 428 g/mol. The maximum Gasteiger partial charge on any atom is 0.345 e. The first kappa shape index (κ1) is 19.7. The van der Waals surface area contributed by atoms with Crippen molar-refractivity contribution in [2.45, 2.75) is 51.2 Å². The maximum atomic E-state index is 12.5. The van der Waals surface area contributed by atoms with Crippen LogP contribution in [0, 0.1) is 6.92 Å². The van der Waals surface area contributed by atoms with Crippen molar-refractivity contribution in [3.63, 3.8) is 0 Å². The number of rotatable bonds is 5. The van der Waals surface area contributed by atoms with Crippen LogP contribution in [-0.4, -0.2) is 47.1 Å². The molecule has 1 saturated carbocycles. The van der Waals surface area contributed by atoms with Gasteiger partial charge in [0.2, 0.25) is 5.95 Å². The molecule has 1 aliphatic carbocycles. The number of nitrogens with zero attached hydrogens (tertiary/aromatic N) is 7. The zero-order chi connectivity index (χ0) is 21.5. The molecule has 9 nitrogen and oxygen atoms in total. The van der Waals surface area contributed by atoms with Crippen molar-refractivity contribution in [3.8, 4) is 0 Å². The van der Waals surface area contributed by atoms with Crippen molar-refractivity contribution < 1.29 is 13.5 Å². The number of anilines is 2. The molecule has 0 aliphatic heterocycles. The summed E-state index contributed by atoms with van der Waals surface area (Å²) in [4.78, 5) is 13.4. The van der Waals surface area contributed by atoms with Gasteiger partial charge in [0.05, 0.1) is 29.9 Å². The molecule has 4 aromatic rings. The topological polar surface area (TPSA) is 95.1 Å². The van der Waals surface area contributed by atoms with Crippen LogP contribution in [0.2, 0.25) is 0 Å². The molecule has 162 valence electrons. The fraction of sp³-hybridized carbons (Fsp3) is 0.450. The van der Waals surface area contributed by atoms with E-state index in [1.165, 1.54) is 6.33 Å². The van der Waals surface area contributed by atoms with E-state index in [4.69, 9.17) is 4.98 Å². The molecule has 11 heteroatoms. The lowest BCUT2D eigenvalue weighted by molar-refractivity contribution is -0.170. The van der Waals surface area contributed by atoms with Crippen LogP contribution in [0.15, 0.2) is 24.8 Å². The van der Waals surface area contributed by atoms with Gasteiger partial charge < -0.3 is 10.1 Å². The summed E-state index contributed by atoms with van der Waals surface area (Å²) in [5, 5.41) is 12.1. The summed E-state index contributed by atoms with van der Waals surface area (Å²) in [6, 6.07) is 1.93. The van der Waals surface area contributed by atoms with Gasteiger partial charge in [-0.25, -0.2) is 19.5 Å². The molecule has 5 rings (SSSR count). The number of hydrogen-bond donors (Lipinski definition) is 1. The van der Waals surface area contributed by atoms with E-state index in [1.807, 2.05) is 26.2 Å². The number of aryl methyl sites for hydroxylation is 2. The molecule has 0 atom stereocenters. The number of hydrogen-bond acceptors (Lipinski definition) is 7. The molecule has 31 heavy (non-hydrogen) atoms. The Labute approximate surface area is 176 Å². The van der Waals surface area contributed by atoms with Gasteiger partial charge in [-0.05, 0) is 44.2 Å². The minimum Gasteiger partial charge on any atom is -0.323 e. The zero-order valence-electron chi connectivity index (χ0n) is 17.2. The van der Waals surface area contributed by atoms with E-state index >= 15 is 0 Å². The summed E-state index contributed by atoms with van der Waals surface area (Å²) in [6.45, 7) is -0.746. The number of ether oxygens (including phenoxy) is 1. The molecule has 0 spiro atoms. The van der Waals surface area contributed by atoms with Crippen LogP contribution < -0.4 is 5.32 Å². The highest BCUT2D eigenvalue weighted by molar-refractivity contribution is 5.79. The molecule has 4 aromatic heterocycles. The summed E-state index contributed by atoms with van der Waals surface area (Å²) >= 11 is 0. The van der Waals surface area contributed by atoms with Crippen LogP contribution in [0.4, 0.5) is 20.4 Å². The normalized spacial score (nSPS) is 19.5. The Morgan fingerprint density at radius 3 is 2.77 bits per heavy atom. The number of pyridine rings is 1. The highest BCUT2D eigenvalue weighted by Crippen LogP contribution is 2.36. The molecule has 1 fully saturated rings. The Hall–Kier alpha value is -3.21. The van der Waals surface area contributed by atoms with Gasteiger partial charge in [0.25, 0.3) is 0 Å². The standard InChI is InChI=1S/C20H22F2N8O/c1-11-7-16-24-10-25-30(16)9-14(11)26-20-23-8-15-18(27-20)17(28-29(15)2)12-3-5-13(6-4-12)31-19(21)22/h7-10,12-13,19H,3-6H2,1-2H3,(H,23,26,27)/t12-,13+. The third-order valence-electron chi connectivity index (χ3n) is 5.84. The molecule has 0 aromatic carbocycles. The maximum absolute atomic E-state index is 12.5. The van der Waals surface area contributed by atoms with Gasteiger partial charge in [-0.15, -0.1) is 0 Å². The lowest BCUT2D eigenvalue weighted by atomic mass is 9.85. The van der Waals surface area contributed by atoms with Crippen molar-refractivity contribution in [2.75, 3.05) is 5.32 Å². The third-order valence-corrected chi connectivity index (χ3v) is 5.84. The molecule has 0 bridgehead atoms. The number of fused-ring (bicyclic) bond motifs is 2. The van der Waals surface area contributed by atoms with Crippen molar-refractivity contribution in [1.29, 1.82) is 0 Å². The second-order valence-corrected chi connectivity index (χ2v) is 7.86. The predicted octanol–water partition coefficient (Wildman–Crippen LogP) is 3.72. The first-order chi connectivity index (χ1) is 15.0. The van der Waals surface area contributed by atoms with E-state index < -0.39 is 12.7 Å². The lowest BCUT2D eigenvalue weighted by Gasteiger charge is -2.27. The molecule has 1 N–H and O–H groups in total. The average Bonchev–Trinajstić information content (AvgIpc) is 3.32. The summed E-state index contributed by atoms with van der Waals surface area (Å²) in [7, 11) is 1.86. The summed E-state index contributed by atoms with van der Waals surface area (Å²) in [5.74, 6) is 0.608. The quantitative estimate of drug-likeness (QED) is 0.518. The van der Waals surface area contributed by atoms with E-state index in [0.717, 1.165) is 46.5 Å².